The third-order valence-electron chi connectivity index (χ3n) is 2.79. The molecule has 0 atom stereocenters. The number of aromatic nitrogens is 2. The summed E-state index contributed by atoms with van der Waals surface area (Å²) in [6.07, 6.45) is 0. The third kappa shape index (κ3) is 2.62. The topological polar surface area (TPSA) is 70.1 Å². The minimum atomic E-state index is -0.202. The number of methoxy groups -OCH3 is 1. The van der Waals surface area contributed by atoms with Gasteiger partial charge in [0.05, 0.1) is 12.8 Å². The van der Waals surface area contributed by atoms with Crippen molar-refractivity contribution in [1.82, 2.24) is 9.78 Å². The molecule has 0 saturated carbocycles. The van der Waals surface area contributed by atoms with Crippen LogP contribution in [0, 0.1) is 0 Å². The molecular formula is C13H14ClN3O2. The van der Waals surface area contributed by atoms with Crippen molar-refractivity contribution in [2.45, 2.75) is 6.54 Å². The second kappa shape index (κ2) is 5.42. The molecule has 0 radical (unpaired) electrons. The van der Waals surface area contributed by atoms with E-state index in [9.17, 15) is 4.79 Å². The summed E-state index contributed by atoms with van der Waals surface area (Å²) in [5.74, 6) is 0.638. The maximum absolute atomic E-state index is 11.8. The highest BCUT2D eigenvalue weighted by atomic mass is 35.5. The van der Waals surface area contributed by atoms with E-state index < -0.39 is 0 Å². The minimum Gasteiger partial charge on any atom is -0.496 e. The number of aryl methyl sites for hydroxylation is 1. The number of ether oxygens (including phenoxy) is 1. The normalized spacial score (nSPS) is 10.5. The van der Waals surface area contributed by atoms with E-state index in [0.717, 1.165) is 5.56 Å². The first-order chi connectivity index (χ1) is 9.06. The van der Waals surface area contributed by atoms with E-state index in [0.29, 0.717) is 22.0 Å². The van der Waals surface area contributed by atoms with Crippen molar-refractivity contribution in [3.63, 3.8) is 0 Å². The van der Waals surface area contributed by atoms with E-state index in [1.54, 1.807) is 38.4 Å². The van der Waals surface area contributed by atoms with Crippen molar-refractivity contribution in [3.05, 3.63) is 45.2 Å². The molecule has 2 rings (SSSR count). The molecule has 5 nitrogen and oxygen atoms in total. The van der Waals surface area contributed by atoms with Crippen molar-refractivity contribution in [3.8, 4) is 17.0 Å². The first kappa shape index (κ1) is 13.6. The fraction of sp³-hybridized carbons (Fsp3) is 0.231. The van der Waals surface area contributed by atoms with Gasteiger partial charge in [-0.1, -0.05) is 11.6 Å². The van der Waals surface area contributed by atoms with Crippen LogP contribution in [0.1, 0.15) is 5.56 Å². The number of hydrogen-bond donors (Lipinski definition) is 1. The molecule has 0 unspecified atom stereocenters. The summed E-state index contributed by atoms with van der Waals surface area (Å²) in [6.45, 7) is 0.158. The molecule has 1 aromatic heterocycles. The zero-order valence-electron chi connectivity index (χ0n) is 10.7. The second-order valence-corrected chi connectivity index (χ2v) is 4.47. The number of benzene rings is 1. The summed E-state index contributed by atoms with van der Waals surface area (Å²) in [6, 6.07) is 6.90. The van der Waals surface area contributed by atoms with Crippen LogP contribution < -0.4 is 16.0 Å². The van der Waals surface area contributed by atoms with E-state index in [2.05, 4.69) is 5.10 Å². The number of nitrogens with two attached hydrogens (primary N) is 1. The van der Waals surface area contributed by atoms with Gasteiger partial charge in [-0.05, 0) is 24.3 Å². The highest BCUT2D eigenvalue weighted by molar-refractivity contribution is 6.30. The van der Waals surface area contributed by atoms with Crippen LogP contribution in [0.5, 0.6) is 5.75 Å². The monoisotopic (exact) mass is 279 g/mol. The second-order valence-electron chi connectivity index (χ2n) is 4.03. The summed E-state index contributed by atoms with van der Waals surface area (Å²) < 4.78 is 6.54. The van der Waals surface area contributed by atoms with Gasteiger partial charge in [-0.25, -0.2) is 4.68 Å². The fourth-order valence-corrected chi connectivity index (χ4v) is 2.00. The minimum absolute atomic E-state index is 0.158. The van der Waals surface area contributed by atoms with E-state index in [1.165, 1.54) is 4.68 Å². The first-order valence-corrected chi connectivity index (χ1v) is 6.06. The molecule has 0 aliphatic rings. The molecular weight excluding hydrogens is 266 g/mol. The van der Waals surface area contributed by atoms with E-state index in [-0.39, 0.29) is 12.1 Å². The molecule has 2 aromatic rings. The lowest BCUT2D eigenvalue weighted by Crippen LogP contribution is -2.25. The summed E-state index contributed by atoms with van der Waals surface area (Å²) in [5.41, 5.74) is 7.18. The molecule has 0 spiro atoms. The lowest BCUT2D eigenvalue weighted by molar-refractivity contribution is 0.416. The maximum atomic E-state index is 11.8. The zero-order valence-corrected chi connectivity index (χ0v) is 11.4. The molecule has 0 amide bonds. The fourth-order valence-electron chi connectivity index (χ4n) is 1.83. The smallest absolute Gasteiger partial charge is 0.271 e. The summed E-state index contributed by atoms with van der Waals surface area (Å²) >= 11 is 5.99. The molecule has 2 N–H and O–H groups in total. The van der Waals surface area contributed by atoms with Gasteiger partial charge in [-0.3, -0.25) is 4.79 Å². The van der Waals surface area contributed by atoms with E-state index in [1.807, 2.05) is 0 Å². The highest BCUT2D eigenvalue weighted by Crippen LogP contribution is 2.31. The van der Waals surface area contributed by atoms with Crippen LogP contribution in [0.4, 0.5) is 0 Å². The van der Waals surface area contributed by atoms with Gasteiger partial charge < -0.3 is 10.5 Å². The number of halogens is 1. The molecule has 0 saturated heterocycles. The quantitative estimate of drug-likeness (QED) is 0.926. The van der Waals surface area contributed by atoms with Crippen molar-refractivity contribution in [2.24, 2.45) is 12.8 Å². The van der Waals surface area contributed by atoms with Crippen LogP contribution in [-0.4, -0.2) is 16.9 Å². The highest BCUT2D eigenvalue weighted by Gasteiger charge is 2.11. The Hall–Kier alpha value is -1.85. The van der Waals surface area contributed by atoms with Crippen molar-refractivity contribution >= 4 is 11.6 Å². The Labute approximate surface area is 115 Å². The van der Waals surface area contributed by atoms with Gasteiger partial charge in [0.2, 0.25) is 0 Å². The van der Waals surface area contributed by atoms with Crippen LogP contribution in [-0.2, 0) is 13.6 Å². The summed E-state index contributed by atoms with van der Waals surface area (Å²) in [4.78, 5) is 11.8. The van der Waals surface area contributed by atoms with Gasteiger partial charge in [0.25, 0.3) is 5.56 Å². The molecule has 6 heteroatoms. The van der Waals surface area contributed by atoms with Crippen LogP contribution in [0.2, 0.25) is 5.02 Å². The predicted molar refractivity (Wildman–Crippen MR) is 74.4 cm³/mol. The molecule has 19 heavy (non-hydrogen) atoms. The van der Waals surface area contributed by atoms with Crippen molar-refractivity contribution in [2.75, 3.05) is 7.11 Å². The molecule has 0 fully saturated rings. The lowest BCUT2D eigenvalue weighted by Gasteiger charge is -2.10. The molecule has 0 aliphatic heterocycles. The van der Waals surface area contributed by atoms with Gasteiger partial charge in [-0.15, -0.1) is 0 Å². The zero-order chi connectivity index (χ0) is 14.0. The Morgan fingerprint density at radius 1 is 1.42 bits per heavy atom. The van der Waals surface area contributed by atoms with Crippen molar-refractivity contribution in [1.29, 1.82) is 0 Å². The molecule has 1 aromatic carbocycles. The summed E-state index contributed by atoms with van der Waals surface area (Å²) in [5, 5.41) is 4.78. The van der Waals surface area contributed by atoms with Crippen LogP contribution in [0.15, 0.2) is 29.1 Å². The number of hydrogen-bond acceptors (Lipinski definition) is 4. The van der Waals surface area contributed by atoms with Gasteiger partial charge in [-0.2, -0.15) is 5.10 Å². The SMILES string of the molecule is COc1ccc(Cl)cc1-c1cc(CN)c(=O)n(C)n1. The van der Waals surface area contributed by atoms with Gasteiger partial charge in [0, 0.05) is 29.7 Å². The van der Waals surface area contributed by atoms with Gasteiger partial charge >= 0.3 is 0 Å². The van der Waals surface area contributed by atoms with Crippen LogP contribution >= 0.6 is 11.6 Å². The van der Waals surface area contributed by atoms with Gasteiger partial charge in [0.1, 0.15) is 5.75 Å². The molecule has 0 aliphatic carbocycles. The Balaban J connectivity index is 2.68. The number of nitrogens with zero attached hydrogens (tertiary/aromatic N) is 2. The Morgan fingerprint density at radius 3 is 2.79 bits per heavy atom. The standard InChI is InChI=1S/C13H14ClN3O2/c1-17-13(18)8(7-15)5-11(16-17)10-6-9(14)3-4-12(10)19-2/h3-6H,7,15H2,1-2H3. The average Bonchev–Trinajstić information content (AvgIpc) is 2.41. The largest absolute Gasteiger partial charge is 0.496 e. The third-order valence-corrected chi connectivity index (χ3v) is 3.03. The Morgan fingerprint density at radius 2 is 2.16 bits per heavy atom. The summed E-state index contributed by atoms with van der Waals surface area (Å²) in [7, 11) is 3.15. The maximum Gasteiger partial charge on any atom is 0.271 e. The molecule has 0 bridgehead atoms. The number of rotatable bonds is 3. The Kier molecular flexibility index (Phi) is 3.87. The average molecular weight is 280 g/mol. The lowest BCUT2D eigenvalue weighted by atomic mass is 10.1. The first-order valence-electron chi connectivity index (χ1n) is 5.68. The van der Waals surface area contributed by atoms with Gasteiger partial charge in [0.15, 0.2) is 0 Å². The van der Waals surface area contributed by atoms with Crippen LogP contribution in [0.3, 0.4) is 0 Å². The molecule has 1 heterocycles. The van der Waals surface area contributed by atoms with E-state index >= 15 is 0 Å². The van der Waals surface area contributed by atoms with Crippen molar-refractivity contribution < 1.29 is 4.74 Å². The Bertz CT molecular complexity index is 667. The predicted octanol–water partition coefficient (Wildman–Crippen LogP) is 1.57. The molecule has 100 valence electrons. The van der Waals surface area contributed by atoms with E-state index in [4.69, 9.17) is 22.1 Å². The van der Waals surface area contributed by atoms with Crippen LogP contribution in [0.25, 0.3) is 11.3 Å².